The van der Waals surface area contributed by atoms with Gasteiger partial charge in [-0.2, -0.15) is 0 Å². The highest BCUT2D eigenvalue weighted by atomic mass is 16.7. The average molecular weight is 443 g/mol. The van der Waals surface area contributed by atoms with Gasteiger partial charge >= 0.3 is 12.1 Å². The molecule has 2 amide bonds. The Kier molecular flexibility index (Phi) is 9.69. The number of hydroxylamine groups is 2. The van der Waals surface area contributed by atoms with Crippen molar-refractivity contribution in [3.8, 4) is 0 Å². The van der Waals surface area contributed by atoms with Gasteiger partial charge in [-0.25, -0.2) is 14.7 Å². The molecule has 0 saturated heterocycles. The largest absolute Gasteiger partial charge is 0.467 e. The minimum Gasteiger partial charge on any atom is -0.467 e. The van der Waals surface area contributed by atoms with Crippen LogP contribution in [0.1, 0.15) is 31.9 Å². The number of hydrogen-bond donors (Lipinski definition) is 1. The second-order valence-corrected chi connectivity index (χ2v) is 7.55. The number of esters is 1. The van der Waals surface area contributed by atoms with Gasteiger partial charge in [-0.15, -0.1) is 0 Å². The van der Waals surface area contributed by atoms with E-state index in [1.807, 2.05) is 60.7 Å². The number of ether oxygens (including phenoxy) is 2. The summed E-state index contributed by atoms with van der Waals surface area (Å²) in [5.74, 6) is -1.51. The maximum absolute atomic E-state index is 13.3. The van der Waals surface area contributed by atoms with Crippen molar-refractivity contribution in [3.05, 3.63) is 71.8 Å². The Morgan fingerprint density at radius 2 is 1.41 bits per heavy atom. The zero-order valence-corrected chi connectivity index (χ0v) is 18.8. The highest BCUT2D eigenvalue weighted by Crippen LogP contribution is 2.14. The molecule has 1 N–H and O–H groups in total. The smallest absolute Gasteiger partial charge is 0.408 e. The summed E-state index contributed by atoms with van der Waals surface area (Å²) in [6.07, 6.45) is -0.741. The van der Waals surface area contributed by atoms with Crippen LogP contribution < -0.4 is 5.32 Å². The molecule has 0 saturated carbocycles. The van der Waals surface area contributed by atoms with Crippen LogP contribution in [0.2, 0.25) is 0 Å². The highest BCUT2D eigenvalue weighted by molar-refractivity contribution is 5.89. The van der Waals surface area contributed by atoms with Crippen LogP contribution in [0.5, 0.6) is 0 Å². The Hall–Kier alpha value is -3.39. The predicted octanol–water partition coefficient (Wildman–Crippen LogP) is 3.46. The zero-order chi connectivity index (χ0) is 23.5. The van der Waals surface area contributed by atoms with Crippen LogP contribution in [-0.2, 0) is 37.1 Å². The van der Waals surface area contributed by atoms with Crippen molar-refractivity contribution in [1.29, 1.82) is 0 Å². The SMILES string of the molecule is COC(=O)[C@H](C)N(OCc1ccccc1)C(=O)[C@@H](NC(=O)OCc1ccccc1)C(C)C. The maximum atomic E-state index is 13.3. The minimum atomic E-state index is -1.01. The van der Waals surface area contributed by atoms with E-state index in [1.165, 1.54) is 14.0 Å². The average Bonchev–Trinajstić information content (AvgIpc) is 2.81. The van der Waals surface area contributed by atoms with Crippen molar-refractivity contribution in [1.82, 2.24) is 10.4 Å². The first-order chi connectivity index (χ1) is 15.3. The van der Waals surface area contributed by atoms with Crippen molar-refractivity contribution in [2.75, 3.05) is 7.11 Å². The molecule has 2 rings (SSSR count). The molecule has 2 atom stereocenters. The molecule has 0 radical (unpaired) electrons. The van der Waals surface area contributed by atoms with E-state index in [2.05, 4.69) is 5.32 Å². The highest BCUT2D eigenvalue weighted by Gasteiger charge is 2.35. The molecule has 0 bridgehead atoms. The molecule has 8 heteroatoms. The summed E-state index contributed by atoms with van der Waals surface area (Å²) in [5, 5.41) is 3.55. The molecule has 0 heterocycles. The van der Waals surface area contributed by atoms with Crippen molar-refractivity contribution >= 4 is 18.0 Å². The van der Waals surface area contributed by atoms with E-state index in [-0.39, 0.29) is 19.1 Å². The third-order valence-electron chi connectivity index (χ3n) is 4.74. The molecular formula is C24H30N2O6. The molecule has 0 spiro atoms. The molecule has 0 aliphatic carbocycles. The van der Waals surface area contributed by atoms with E-state index in [9.17, 15) is 14.4 Å². The summed E-state index contributed by atoms with van der Waals surface area (Å²) in [6, 6.07) is 16.4. The van der Waals surface area contributed by atoms with E-state index >= 15 is 0 Å². The third kappa shape index (κ3) is 7.39. The van der Waals surface area contributed by atoms with Crippen molar-refractivity contribution in [2.24, 2.45) is 5.92 Å². The summed E-state index contributed by atoms with van der Waals surface area (Å²) in [6.45, 7) is 5.19. The molecule has 2 aromatic rings. The van der Waals surface area contributed by atoms with Crippen LogP contribution >= 0.6 is 0 Å². The molecular weight excluding hydrogens is 412 g/mol. The van der Waals surface area contributed by atoms with Crippen molar-refractivity contribution in [2.45, 2.75) is 46.1 Å². The summed E-state index contributed by atoms with van der Waals surface area (Å²) >= 11 is 0. The van der Waals surface area contributed by atoms with Gasteiger partial charge in [0, 0.05) is 0 Å². The van der Waals surface area contributed by atoms with Crippen LogP contribution in [0.4, 0.5) is 4.79 Å². The number of hydrogen-bond acceptors (Lipinski definition) is 6. The molecule has 2 aromatic carbocycles. The van der Waals surface area contributed by atoms with Gasteiger partial charge in [-0.3, -0.25) is 9.63 Å². The molecule has 172 valence electrons. The number of carbonyl (C=O) groups is 3. The van der Waals surface area contributed by atoms with Crippen molar-refractivity contribution < 1.29 is 28.7 Å². The Balaban J connectivity index is 2.10. The molecule has 0 fully saturated rings. The first kappa shape index (κ1) is 24.9. The number of amides is 2. The van der Waals surface area contributed by atoms with Crippen molar-refractivity contribution in [3.63, 3.8) is 0 Å². The lowest BCUT2D eigenvalue weighted by atomic mass is 10.0. The van der Waals surface area contributed by atoms with Gasteiger partial charge in [-0.05, 0) is 24.0 Å². The van der Waals surface area contributed by atoms with Crippen LogP contribution in [0.25, 0.3) is 0 Å². The minimum absolute atomic E-state index is 0.0666. The Labute approximate surface area is 188 Å². The van der Waals surface area contributed by atoms with Gasteiger partial charge in [0.1, 0.15) is 19.3 Å². The summed E-state index contributed by atoms with van der Waals surface area (Å²) < 4.78 is 10.0. The zero-order valence-electron chi connectivity index (χ0n) is 18.8. The number of methoxy groups -OCH3 is 1. The second kappa shape index (κ2) is 12.5. The predicted molar refractivity (Wildman–Crippen MR) is 118 cm³/mol. The normalized spacial score (nSPS) is 12.5. The summed E-state index contributed by atoms with van der Waals surface area (Å²) in [5.41, 5.74) is 1.64. The summed E-state index contributed by atoms with van der Waals surface area (Å²) in [7, 11) is 1.23. The topological polar surface area (TPSA) is 94.2 Å². The summed E-state index contributed by atoms with van der Waals surface area (Å²) in [4.78, 5) is 43.5. The van der Waals surface area contributed by atoms with Crippen LogP contribution in [0.3, 0.4) is 0 Å². The van der Waals surface area contributed by atoms with Gasteiger partial charge in [0.2, 0.25) is 0 Å². The Bertz CT molecular complexity index is 873. The van der Waals surface area contributed by atoms with Crippen LogP contribution in [0.15, 0.2) is 60.7 Å². The lowest BCUT2D eigenvalue weighted by Gasteiger charge is -2.31. The van der Waals surface area contributed by atoms with Gasteiger partial charge in [0.15, 0.2) is 6.04 Å². The molecule has 0 aliphatic heterocycles. The first-order valence-electron chi connectivity index (χ1n) is 10.4. The number of carbonyl (C=O) groups excluding carboxylic acids is 3. The van der Waals surface area contributed by atoms with Crippen LogP contribution in [-0.4, -0.2) is 42.2 Å². The van der Waals surface area contributed by atoms with E-state index < -0.39 is 30.1 Å². The van der Waals surface area contributed by atoms with Gasteiger partial charge in [-0.1, -0.05) is 74.5 Å². The fraction of sp³-hybridized carbons (Fsp3) is 0.375. The fourth-order valence-corrected chi connectivity index (χ4v) is 2.89. The number of nitrogens with zero attached hydrogens (tertiary/aromatic N) is 1. The van der Waals surface area contributed by atoms with E-state index in [0.29, 0.717) is 0 Å². The molecule has 0 aliphatic rings. The first-order valence-corrected chi connectivity index (χ1v) is 10.4. The second-order valence-electron chi connectivity index (χ2n) is 7.55. The Morgan fingerprint density at radius 1 is 0.875 bits per heavy atom. The third-order valence-corrected chi connectivity index (χ3v) is 4.74. The maximum Gasteiger partial charge on any atom is 0.408 e. The lowest BCUT2D eigenvalue weighted by Crippen LogP contribution is -2.55. The van der Waals surface area contributed by atoms with Gasteiger partial charge in [0.05, 0.1) is 7.11 Å². The lowest BCUT2D eigenvalue weighted by molar-refractivity contribution is -0.213. The standard InChI is InChI=1S/C24H30N2O6/c1-17(2)21(25-24(29)31-15-19-11-7-5-8-12-19)22(27)26(18(3)23(28)30-4)32-16-20-13-9-6-10-14-20/h5-14,17-18,21H,15-16H2,1-4H3,(H,25,29)/t18-,21-/m0/s1. The number of rotatable bonds is 10. The molecule has 32 heavy (non-hydrogen) atoms. The monoisotopic (exact) mass is 442 g/mol. The number of alkyl carbamates (subject to hydrolysis) is 1. The van der Waals surface area contributed by atoms with Gasteiger partial charge < -0.3 is 14.8 Å². The fourth-order valence-electron chi connectivity index (χ4n) is 2.89. The van der Waals surface area contributed by atoms with E-state index in [0.717, 1.165) is 16.2 Å². The molecule has 0 unspecified atom stereocenters. The molecule has 0 aromatic heterocycles. The number of nitrogens with one attached hydrogen (secondary N) is 1. The quantitative estimate of drug-likeness (QED) is 0.447. The van der Waals surface area contributed by atoms with Crippen LogP contribution in [0, 0.1) is 5.92 Å². The van der Waals surface area contributed by atoms with E-state index in [1.54, 1.807) is 13.8 Å². The van der Waals surface area contributed by atoms with Gasteiger partial charge in [0.25, 0.3) is 5.91 Å². The Morgan fingerprint density at radius 3 is 1.91 bits per heavy atom. The number of benzene rings is 2. The van der Waals surface area contributed by atoms with E-state index in [4.69, 9.17) is 14.3 Å². The molecule has 8 nitrogen and oxygen atoms in total.